The van der Waals surface area contributed by atoms with Gasteiger partial charge in [-0.1, -0.05) is 72.8 Å². The van der Waals surface area contributed by atoms with Crippen LogP contribution in [-0.2, 0) is 19.1 Å². The van der Waals surface area contributed by atoms with Gasteiger partial charge in [-0.2, -0.15) is 0 Å². The molecule has 38 heavy (non-hydrogen) atoms. The van der Waals surface area contributed by atoms with Gasteiger partial charge in [0.1, 0.15) is 26.4 Å². The molecule has 0 aliphatic heterocycles. The van der Waals surface area contributed by atoms with Gasteiger partial charge in [-0.05, 0) is 12.1 Å². The van der Waals surface area contributed by atoms with Gasteiger partial charge in [-0.3, -0.25) is 19.2 Å². The van der Waals surface area contributed by atoms with Gasteiger partial charge in [-0.25, -0.2) is 0 Å². The number of para-hydroxylation sites is 2. The molecule has 0 bridgehead atoms. The summed E-state index contributed by atoms with van der Waals surface area (Å²) in [5.41, 5.74) is 0.992. The van der Waals surface area contributed by atoms with Gasteiger partial charge in [-0.15, -0.1) is 0 Å². The Hall–Kier alpha value is -4.14. The lowest BCUT2D eigenvalue weighted by atomic mass is 10.1. The predicted octanol–water partition coefficient (Wildman–Crippen LogP) is 4.16. The first-order valence-electron chi connectivity index (χ1n) is 12.2. The van der Waals surface area contributed by atoms with E-state index in [-0.39, 0.29) is 75.6 Å². The normalized spacial score (nSPS) is 10.5. The third-order valence-corrected chi connectivity index (χ3v) is 5.25. The van der Waals surface area contributed by atoms with Crippen LogP contribution in [0.4, 0.5) is 0 Å². The molecule has 3 rings (SSSR count). The molecule has 0 saturated heterocycles. The number of ketones is 4. The van der Waals surface area contributed by atoms with Crippen molar-refractivity contribution < 1.29 is 38.1 Å². The lowest BCUT2D eigenvalue weighted by Gasteiger charge is -2.13. The van der Waals surface area contributed by atoms with Crippen molar-refractivity contribution >= 4 is 23.1 Å². The second-order valence-electron chi connectivity index (χ2n) is 8.26. The molecule has 0 unspecified atom stereocenters. The molecular formula is C30H30O8. The molecule has 0 aliphatic carbocycles. The van der Waals surface area contributed by atoms with Crippen LogP contribution in [0.1, 0.15) is 33.6 Å². The molecule has 198 valence electrons. The van der Waals surface area contributed by atoms with Crippen LogP contribution in [0.5, 0.6) is 11.5 Å². The zero-order valence-corrected chi connectivity index (χ0v) is 21.0. The lowest BCUT2D eigenvalue weighted by Crippen LogP contribution is -2.17. The van der Waals surface area contributed by atoms with E-state index in [4.69, 9.17) is 18.9 Å². The smallest absolute Gasteiger partial charge is 0.170 e. The maximum Gasteiger partial charge on any atom is 0.170 e. The van der Waals surface area contributed by atoms with E-state index in [0.29, 0.717) is 22.6 Å². The number of benzene rings is 3. The van der Waals surface area contributed by atoms with Crippen molar-refractivity contribution in [2.75, 3.05) is 39.6 Å². The number of hydrogen-bond donors (Lipinski definition) is 0. The first-order chi connectivity index (χ1) is 18.5. The molecule has 8 nitrogen and oxygen atoms in total. The summed E-state index contributed by atoms with van der Waals surface area (Å²) in [6.45, 7) is 0.334. The van der Waals surface area contributed by atoms with E-state index in [0.717, 1.165) is 0 Å². The SMILES string of the molecule is O=C(COCCOc1ccccc1OCCOCC(=O)CC(=O)c1ccccc1)CC(=O)c1ccccc1. The molecule has 0 fully saturated rings. The third kappa shape index (κ3) is 10.1. The standard InChI is InChI=1S/C30H30O8/c31-25(19-27(33)23-9-3-1-4-10-23)21-35-15-17-37-29-13-7-8-14-30(29)38-18-16-36-22-26(32)20-28(34)24-11-5-2-6-12-24/h1-14H,15-22H2. The Morgan fingerprint density at radius 3 is 1.24 bits per heavy atom. The summed E-state index contributed by atoms with van der Waals surface area (Å²) in [6.07, 6.45) is -0.420. The summed E-state index contributed by atoms with van der Waals surface area (Å²) in [5.74, 6) is -0.0977. The van der Waals surface area contributed by atoms with Crippen molar-refractivity contribution in [3.8, 4) is 11.5 Å². The van der Waals surface area contributed by atoms with Crippen LogP contribution in [0.25, 0.3) is 0 Å². The fourth-order valence-corrected chi connectivity index (χ4v) is 3.39. The van der Waals surface area contributed by atoms with E-state index in [1.807, 2.05) is 0 Å². The number of carbonyl (C=O) groups excluding carboxylic acids is 4. The molecule has 0 aromatic heterocycles. The van der Waals surface area contributed by atoms with Crippen molar-refractivity contribution in [3.05, 3.63) is 96.1 Å². The second kappa shape index (κ2) is 15.9. The molecular weight excluding hydrogens is 488 g/mol. The van der Waals surface area contributed by atoms with Gasteiger partial charge in [0.25, 0.3) is 0 Å². The van der Waals surface area contributed by atoms with Crippen LogP contribution in [-0.4, -0.2) is 62.8 Å². The van der Waals surface area contributed by atoms with E-state index < -0.39 is 0 Å². The summed E-state index contributed by atoms with van der Waals surface area (Å²) in [7, 11) is 0. The van der Waals surface area contributed by atoms with Gasteiger partial charge in [0, 0.05) is 11.1 Å². The fraction of sp³-hybridized carbons (Fsp3) is 0.267. The summed E-state index contributed by atoms with van der Waals surface area (Å²) in [6, 6.07) is 24.3. The summed E-state index contributed by atoms with van der Waals surface area (Å²) < 4.78 is 22.1. The monoisotopic (exact) mass is 518 g/mol. The first-order valence-corrected chi connectivity index (χ1v) is 12.2. The Kier molecular flexibility index (Phi) is 11.9. The largest absolute Gasteiger partial charge is 0.487 e. The number of ether oxygens (including phenoxy) is 4. The average molecular weight is 519 g/mol. The van der Waals surface area contributed by atoms with Crippen LogP contribution in [0.2, 0.25) is 0 Å². The molecule has 0 saturated carbocycles. The van der Waals surface area contributed by atoms with Crippen LogP contribution in [0.3, 0.4) is 0 Å². The maximum absolute atomic E-state index is 12.1. The van der Waals surface area contributed by atoms with Crippen molar-refractivity contribution in [1.82, 2.24) is 0 Å². The number of rotatable bonds is 18. The first kappa shape index (κ1) is 28.4. The van der Waals surface area contributed by atoms with E-state index in [1.165, 1.54) is 0 Å². The van der Waals surface area contributed by atoms with Crippen molar-refractivity contribution in [1.29, 1.82) is 0 Å². The Balaban J connectivity index is 1.28. The molecule has 0 N–H and O–H groups in total. The molecule has 3 aromatic carbocycles. The van der Waals surface area contributed by atoms with Crippen molar-refractivity contribution in [3.63, 3.8) is 0 Å². The Bertz CT molecular complexity index is 1100. The molecule has 0 heterocycles. The van der Waals surface area contributed by atoms with E-state index in [2.05, 4.69) is 0 Å². The van der Waals surface area contributed by atoms with Crippen molar-refractivity contribution in [2.45, 2.75) is 12.8 Å². The van der Waals surface area contributed by atoms with Crippen LogP contribution < -0.4 is 9.47 Å². The van der Waals surface area contributed by atoms with Gasteiger partial charge < -0.3 is 18.9 Å². The highest BCUT2D eigenvalue weighted by Gasteiger charge is 2.13. The van der Waals surface area contributed by atoms with Crippen LogP contribution in [0.15, 0.2) is 84.9 Å². The highest BCUT2D eigenvalue weighted by Crippen LogP contribution is 2.26. The summed E-state index contributed by atoms with van der Waals surface area (Å²) in [4.78, 5) is 48.1. The molecule has 0 radical (unpaired) electrons. The Labute approximate surface area is 221 Å². The molecule has 3 aromatic rings. The second-order valence-corrected chi connectivity index (χ2v) is 8.26. The Morgan fingerprint density at radius 2 is 0.842 bits per heavy atom. The molecule has 0 spiro atoms. The zero-order chi connectivity index (χ0) is 27.0. The topological polar surface area (TPSA) is 105 Å². The van der Waals surface area contributed by atoms with Crippen LogP contribution >= 0.6 is 0 Å². The highest BCUT2D eigenvalue weighted by molar-refractivity contribution is 6.08. The third-order valence-electron chi connectivity index (χ3n) is 5.25. The van der Waals surface area contributed by atoms with Gasteiger partial charge in [0.15, 0.2) is 34.6 Å². The van der Waals surface area contributed by atoms with Crippen molar-refractivity contribution in [2.24, 2.45) is 0 Å². The molecule has 0 atom stereocenters. The van der Waals surface area contributed by atoms with E-state index >= 15 is 0 Å². The fourth-order valence-electron chi connectivity index (χ4n) is 3.39. The van der Waals surface area contributed by atoms with Gasteiger partial charge >= 0.3 is 0 Å². The Morgan fingerprint density at radius 1 is 0.474 bits per heavy atom. The molecule has 8 heteroatoms. The number of carbonyl (C=O) groups is 4. The van der Waals surface area contributed by atoms with Crippen LogP contribution in [0, 0.1) is 0 Å². The minimum atomic E-state index is -0.300. The summed E-state index contributed by atoms with van der Waals surface area (Å²) in [5, 5.41) is 0. The number of Topliss-reactive ketones (excluding diaryl/α,β-unsaturated/α-hetero) is 4. The minimum absolute atomic E-state index is 0.159. The molecule has 0 aliphatic rings. The average Bonchev–Trinajstić information content (AvgIpc) is 2.94. The quantitative estimate of drug-likeness (QED) is 0.140. The summed E-state index contributed by atoms with van der Waals surface area (Å²) >= 11 is 0. The van der Waals surface area contributed by atoms with Gasteiger partial charge in [0.2, 0.25) is 0 Å². The van der Waals surface area contributed by atoms with E-state index in [9.17, 15) is 19.2 Å². The van der Waals surface area contributed by atoms with E-state index in [1.54, 1.807) is 84.9 Å². The minimum Gasteiger partial charge on any atom is -0.487 e. The highest BCUT2D eigenvalue weighted by atomic mass is 16.6. The predicted molar refractivity (Wildman–Crippen MR) is 140 cm³/mol. The lowest BCUT2D eigenvalue weighted by molar-refractivity contribution is -0.123. The molecule has 0 amide bonds. The zero-order valence-electron chi connectivity index (χ0n) is 21.0. The number of hydrogen-bond acceptors (Lipinski definition) is 8. The maximum atomic E-state index is 12.1. The van der Waals surface area contributed by atoms with Gasteiger partial charge in [0.05, 0.1) is 26.1 Å².